The molecule has 6 heteroatoms. The molecule has 6 nitrogen and oxygen atoms in total. The van der Waals surface area contributed by atoms with E-state index in [2.05, 4.69) is 21.9 Å². The van der Waals surface area contributed by atoms with Crippen LogP contribution in [0.15, 0.2) is 35.1 Å². The number of β-amino-alcohol motifs (C(OH)–C–C–N with tert-alkyl or cyclic N) is 1. The first-order valence-corrected chi connectivity index (χ1v) is 10.0. The van der Waals surface area contributed by atoms with Crippen LogP contribution in [0.1, 0.15) is 35.3 Å². The second-order valence-corrected chi connectivity index (χ2v) is 7.55. The van der Waals surface area contributed by atoms with Crippen LogP contribution in [-0.4, -0.2) is 63.9 Å². The lowest BCUT2D eigenvalue weighted by atomic mass is 9.95. The van der Waals surface area contributed by atoms with Gasteiger partial charge in [0.25, 0.3) is 5.56 Å². The van der Waals surface area contributed by atoms with Crippen molar-refractivity contribution in [2.75, 3.05) is 39.3 Å². The summed E-state index contributed by atoms with van der Waals surface area (Å²) in [6.45, 7) is 10.4. The van der Waals surface area contributed by atoms with E-state index in [1.54, 1.807) is 10.6 Å². The third-order valence-electron chi connectivity index (χ3n) is 5.69. The molecule has 3 rings (SSSR count). The maximum Gasteiger partial charge on any atom is 0.259 e. The molecule has 2 heterocycles. The van der Waals surface area contributed by atoms with Crippen LogP contribution in [0, 0.1) is 13.8 Å². The van der Waals surface area contributed by atoms with Crippen LogP contribution in [0.5, 0.6) is 5.75 Å². The van der Waals surface area contributed by atoms with Crippen LogP contribution in [0.2, 0.25) is 0 Å². The molecule has 1 aromatic heterocycles. The van der Waals surface area contributed by atoms with Gasteiger partial charge in [0.05, 0.1) is 18.2 Å². The van der Waals surface area contributed by atoms with Crippen LogP contribution in [0.25, 0.3) is 0 Å². The van der Waals surface area contributed by atoms with Gasteiger partial charge in [-0.05, 0) is 32.4 Å². The minimum Gasteiger partial charge on any atom is -0.507 e. The minimum absolute atomic E-state index is 0.0653. The van der Waals surface area contributed by atoms with Gasteiger partial charge in [-0.15, -0.1) is 0 Å². The van der Waals surface area contributed by atoms with Gasteiger partial charge in [0, 0.05) is 45.0 Å². The number of aliphatic hydroxyl groups is 1. The molecule has 1 fully saturated rings. The van der Waals surface area contributed by atoms with Gasteiger partial charge in [-0.1, -0.05) is 29.8 Å². The maximum atomic E-state index is 13.3. The molecule has 0 bridgehead atoms. The normalized spacial score (nSPS) is 17.0. The van der Waals surface area contributed by atoms with E-state index in [4.69, 9.17) is 0 Å². The number of hydrogen-bond acceptors (Lipinski definition) is 5. The Morgan fingerprint density at radius 3 is 2.29 bits per heavy atom. The molecule has 0 amide bonds. The Kier molecular flexibility index (Phi) is 6.54. The van der Waals surface area contributed by atoms with Gasteiger partial charge < -0.3 is 14.8 Å². The highest BCUT2D eigenvalue weighted by molar-refractivity contribution is 5.41. The average Bonchev–Trinajstić information content (AvgIpc) is 2.67. The van der Waals surface area contributed by atoms with Crippen molar-refractivity contribution < 1.29 is 10.2 Å². The molecule has 1 atom stereocenters. The summed E-state index contributed by atoms with van der Waals surface area (Å²) in [5.74, 6) is 0.0653. The molecule has 28 heavy (non-hydrogen) atoms. The summed E-state index contributed by atoms with van der Waals surface area (Å²) in [5.41, 5.74) is 3.27. The van der Waals surface area contributed by atoms with Gasteiger partial charge in [0.15, 0.2) is 0 Å². The molecule has 0 unspecified atom stereocenters. The quantitative estimate of drug-likeness (QED) is 0.795. The second-order valence-electron chi connectivity index (χ2n) is 7.55. The zero-order valence-corrected chi connectivity index (χ0v) is 17.1. The number of aliphatic hydroxyl groups excluding tert-OH is 1. The first kappa shape index (κ1) is 20.6. The van der Waals surface area contributed by atoms with Gasteiger partial charge in [-0.3, -0.25) is 14.6 Å². The minimum atomic E-state index is -0.289. The zero-order chi connectivity index (χ0) is 20.3. The van der Waals surface area contributed by atoms with Crippen molar-refractivity contribution >= 4 is 0 Å². The van der Waals surface area contributed by atoms with Gasteiger partial charge in [-0.25, -0.2) is 0 Å². The van der Waals surface area contributed by atoms with Crippen LogP contribution >= 0.6 is 0 Å². The molecule has 0 spiro atoms. The van der Waals surface area contributed by atoms with Crippen molar-refractivity contribution in [1.82, 2.24) is 14.4 Å². The van der Waals surface area contributed by atoms with E-state index in [9.17, 15) is 15.0 Å². The Balaban J connectivity index is 2.06. The number of pyridine rings is 1. The topological polar surface area (TPSA) is 68.9 Å². The Morgan fingerprint density at radius 1 is 1.07 bits per heavy atom. The number of nitrogens with zero attached hydrogens (tertiary/aromatic N) is 3. The average molecular weight is 386 g/mol. The summed E-state index contributed by atoms with van der Waals surface area (Å²) in [7, 11) is 0. The van der Waals surface area contributed by atoms with Crippen LogP contribution in [-0.2, 0) is 6.54 Å². The monoisotopic (exact) mass is 385 g/mol. The van der Waals surface area contributed by atoms with Crippen molar-refractivity contribution in [1.29, 1.82) is 0 Å². The highest BCUT2D eigenvalue weighted by Gasteiger charge is 2.31. The highest BCUT2D eigenvalue weighted by Crippen LogP contribution is 2.33. The summed E-state index contributed by atoms with van der Waals surface area (Å²) in [4.78, 5) is 17.8. The van der Waals surface area contributed by atoms with Gasteiger partial charge in [0.1, 0.15) is 5.75 Å². The molecule has 2 N–H and O–H groups in total. The third kappa shape index (κ3) is 4.14. The fraction of sp³-hybridized carbons (Fsp3) is 0.500. The smallest absolute Gasteiger partial charge is 0.259 e. The van der Waals surface area contributed by atoms with Crippen LogP contribution in [0.4, 0.5) is 0 Å². The van der Waals surface area contributed by atoms with Crippen molar-refractivity contribution in [3.05, 3.63) is 63.1 Å². The van der Waals surface area contributed by atoms with E-state index in [0.717, 1.165) is 43.0 Å². The Bertz CT molecular complexity index is 853. The van der Waals surface area contributed by atoms with Crippen LogP contribution < -0.4 is 5.56 Å². The van der Waals surface area contributed by atoms with E-state index in [1.165, 1.54) is 0 Å². The van der Waals surface area contributed by atoms with Gasteiger partial charge >= 0.3 is 0 Å². The Morgan fingerprint density at radius 2 is 1.71 bits per heavy atom. The maximum absolute atomic E-state index is 13.3. The molecule has 1 saturated heterocycles. The number of piperazine rings is 1. The fourth-order valence-corrected chi connectivity index (χ4v) is 4.11. The second kappa shape index (κ2) is 8.90. The van der Waals surface area contributed by atoms with Crippen molar-refractivity contribution in [3.63, 3.8) is 0 Å². The molecule has 0 aliphatic carbocycles. The SMILES string of the molecule is CCn1c(C)cc(O)c([C@H](c2ccc(C)cc2)N2CCN(CCO)CC2)c1=O. The lowest BCUT2D eigenvalue weighted by Gasteiger charge is -2.39. The van der Waals surface area contributed by atoms with Crippen molar-refractivity contribution in [3.8, 4) is 5.75 Å². The standard InChI is InChI=1S/C22H31N3O3/c1-4-25-17(3)15-19(27)20(22(25)28)21(18-7-5-16(2)6-8-18)24-11-9-23(10-12-24)13-14-26/h5-8,15,21,26-27H,4,9-14H2,1-3H3/t21-/m0/s1. The molecule has 152 valence electrons. The molecular formula is C22H31N3O3. The Labute approximate surface area is 166 Å². The zero-order valence-electron chi connectivity index (χ0n) is 17.1. The largest absolute Gasteiger partial charge is 0.507 e. The lowest BCUT2D eigenvalue weighted by Crippen LogP contribution is -2.49. The number of rotatable bonds is 6. The Hall–Kier alpha value is -2.15. The number of benzene rings is 1. The van der Waals surface area contributed by atoms with E-state index in [-0.39, 0.29) is 24.0 Å². The predicted octanol–water partition coefficient (Wildman–Crippen LogP) is 1.89. The van der Waals surface area contributed by atoms with Crippen molar-refractivity contribution in [2.45, 2.75) is 33.4 Å². The van der Waals surface area contributed by atoms with Crippen molar-refractivity contribution in [2.24, 2.45) is 0 Å². The molecule has 1 aliphatic rings. The number of aryl methyl sites for hydroxylation is 2. The van der Waals surface area contributed by atoms with E-state index < -0.39 is 0 Å². The van der Waals surface area contributed by atoms with E-state index in [0.29, 0.717) is 18.7 Å². The molecular weight excluding hydrogens is 354 g/mol. The highest BCUT2D eigenvalue weighted by atomic mass is 16.3. The summed E-state index contributed by atoms with van der Waals surface area (Å²) in [6.07, 6.45) is 0. The third-order valence-corrected chi connectivity index (χ3v) is 5.69. The first-order valence-electron chi connectivity index (χ1n) is 10.0. The van der Waals surface area contributed by atoms with E-state index >= 15 is 0 Å². The molecule has 1 aliphatic heterocycles. The predicted molar refractivity (Wildman–Crippen MR) is 111 cm³/mol. The molecule has 0 radical (unpaired) electrons. The summed E-state index contributed by atoms with van der Waals surface area (Å²) >= 11 is 0. The fourth-order valence-electron chi connectivity index (χ4n) is 4.11. The summed E-state index contributed by atoms with van der Waals surface area (Å²) in [5, 5.41) is 20.0. The van der Waals surface area contributed by atoms with E-state index in [1.807, 2.05) is 32.9 Å². The van der Waals surface area contributed by atoms with Crippen LogP contribution in [0.3, 0.4) is 0 Å². The molecule has 1 aromatic carbocycles. The summed E-state index contributed by atoms with van der Waals surface area (Å²) in [6, 6.07) is 9.61. The first-order chi connectivity index (χ1) is 13.5. The molecule has 2 aromatic rings. The lowest BCUT2D eigenvalue weighted by molar-refractivity contribution is 0.0932. The van der Waals surface area contributed by atoms with Gasteiger partial charge in [-0.2, -0.15) is 0 Å². The number of aromatic nitrogens is 1. The number of hydrogen-bond donors (Lipinski definition) is 2. The number of aromatic hydroxyl groups is 1. The molecule has 0 saturated carbocycles. The van der Waals surface area contributed by atoms with Gasteiger partial charge in [0.2, 0.25) is 0 Å². The summed E-state index contributed by atoms with van der Waals surface area (Å²) < 4.78 is 1.72.